The normalized spacial score (nSPS) is 15.8. The van der Waals surface area contributed by atoms with Gasteiger partial charge in [0, 0.05) is 6.42 Å². The number of rotatable bonds is 25. The summed E-state index contributed by atoms with van der Waals surface area (Å²) in [6.07, 6.45) is 25.1. The van der Waals surface area contributed by atoms with Gasteiger partial charge in [-0.2, -0.15) is 0 Å². The molecule has 37 heavy (non-hydrogen) atoms. The zero-order valence-electron chi connectivity index (χ0n) is 24.1. The van der Waals surface area contributed by atoms with Crippen LogP contribution in [0.1, 0.15) is 137 Å². The first kappa shape index (κ1) is 35.1. The van der Waals surface area contributed by atoms with Crippen molar-refractivity contribution in [2.45, 2.75) is 155 Å². The Morgan fingerprint density at radius 3 is 1.16 bits per heavy atom. The molecule has 0 aliphatic heterocycles. The second-order valence-electron chi connectivity index (χ2n) is 10.8. The molecule has 0 saturated heterocycles. The number of carboxylic acid groups (broad SMARTS) is 3. The number of nitrogens with zero attached hydrogens (tertiary/aromatic N) is 1. The van der Waals surface area contributed by atoms with Crippen molar-refractivity contribution < 1.29 is 34.2 Å². The maximum Gasteiger partial charge on any atom is 0.362 e. The van der Waals surface area contributed by atoms with Gasteiger partial charge < -0.3 is 15.3 Å². The van der Waals surface area contributed by atoms with Gasteiger partial charge in [-0.3, -0.25) is 4.48 Å². The molecule has 0 fully saturated rings. The minimum Gasteiger partial charge on any atom is -0.477 e. The highest BCUT2D eigenvalue weighted by atomic mass is 16.4. The van der Waals surface area contributed by atoms with Crippen LogP contribution in [0.5, 0.6) is 0 Å². The molecule has 0 aromatic carbocycles. The zero-order chi connectivity index (χ0) is 28.1. The maximum atomic E-state index is 11.8. The minimum atomic E-state index is -1.19. The van der Waals surface area contributed by atoms with E-state index in [0.29, 0.717) is 12.8 Å². The number of allylic oxidation sites excluding steroid dienone is 2. The lowest BCUT2D eigenvalue weighted by Crippen LogP contribution is -2.70. The number of carbonyl (C=O) groups is 3. The van der Waals surface area contributed by atoms with Gasteiger partial charge in [-0.1, -0.05) is 103 Å². The first-order valence-corrected chi connectivity index (χ1v) is 14.8. The summed E-state index contributed by atoms with van der Waals surface area (Å²) in [5.74, 6) is -3.56. The fourth-order valence-electron chi connectivity index (χ4n) is 5.38. The Hall–Kier alpha value is -1.89. The molecule has 0 aromatic rings. The van der Waals surface area contributed by atoms with E-state index in [9.17, 15) is 29.7 Å². The summed E-state index contributed by atoms with van der Waals surface area (Å²) in [6, 6.07) is -3.43. The number of unbranched alkanes of at least 4 members (excludes halogenated alkanes) is 15. The Morgan fingerprint density at radius 2 is 0.838 bits per heavy atom. The van der Waals surface area contributed by atoms with Crippen molar-refractivity contribution in [1.29, 1.82) is 0 Å². The largest absolute Gasteiger partial charge is 0.477 e. The smallest absolute Gasteiger partial charge is 0.362 e. The average Bonchev–Trinajstić information content (AvgIpc) is 2.86. The van der Waals surface area contributed by atoms with E-state index in [4.69, 9.17) is 0 Å². The third kappa shape index (κ3) is 14.0. The predicted molar refractivity (Wildman–Crippen MR) is 150 cm³/mol. The molecule has 0 rings (SSSR count). The second kappa shape index (κ2) is 21.1. The summed E-state index contributed by atoms with van der Waals surface area (Å²) in [7, 11) is 0. The highest BCUT2D eigenvalue weighted by molar-refractivity contribution is 5.77. The fourth-order valence-corrected chi connectivity index (χ4v) is 5.38. The minimum absolute atomic E-state index is 0.178. The third-order valence-electron chi connectivity index (χ3n) is 8.04. The number of quaternary nitrogens is 1. The van der Waals surface area contributed by atoms with Crippen molar-refractivity contribution in [2.75, 3.05) is 6.54 Å². The van der Waals surface area contributed by atoms with Gasteiger partial charge in [0.1, 0.15) is 0 Å². The highest BCUT2D eigenvalue weighted by Gasteiger charge is 2.52. The van der Waals surface area contributed by atoms with Crippen molar-refractivity contribution in [3.63, 3.8) is 0 Å². The van der Waals surface area contributed by atoms with Gasteiger partial charge in [-0.05, 0) is 40.0 Å². The van der Waals surface area contributed by atoms with Crippen LogP contribution in [0.4, 0.5) is 0 Å². The lowest BCUT2D eigenvalue weighted by Gasteiger charge is -2.47. The van der Waals surface area contributed by atoms with Crippen LogP contribution in [0.15, 0.2) is 12.2 Å². The topological polar surface area (TPSA) is 112 Å². The molecule has 0 aliphatic rings. The van der Waals surface area contributed by atoms with Gasteiger partial charge in [0.2, 0.25) is 0 Å². The van der Waals surface area contributed by atoms with E-state index in [-0.39, 0.29) is 6.54 Å². The first-order valence-electron chi connectivity index (χ1n) is 14.8. The van der Waals surface area contributed by atoms with Crippen LogP contribution in [-0.4, -0.2) is 62.4 Å². The molecule has 3 atom stereocenters. The molecule has 0 heterocycles. The van der Waals surface area contributed by atoms with Crippen molar-refractivity contribution in [2.24, 2.45) is 0 Å². The zero-order valence-corrected chi connectivity index (χ0v) is 24.1. The Morgan fingerprint density at radius 1 is 0.541 bits per heavy atom. The lowest BCUT2D eigenvalue weighted by atomic mass is 10.0. The van der Waals surface area contributed by atoms with Gasteiger partial charge in [0.15, 0.2) is 18.1 Å². The molecule has 0 radical (unpaired) electrons. The number of aliphatic carboxylic acids is 3. The first-order chi connectivity index (χ1) is 17.6. The molecular formula is C30H56NO6+. The van der Waals surface area contributed by atoms with E-state index in [1.807, 2.05) is 0 Å². The molecule has 0 amide bonds. The van der Waals surface area contributed by atoms with Crippen molar-refractivity contribution in [3.05, 3.63) is 12.2 Å². The van der Waals surface area contributed by atoms with Crippen LogP contribution in [0, 0.1) is 0 Å². The SMILES string of the molecule is CCCCCCCCCCCCCCCC/C=C/CCC[N+](C(C)C(=O)O)(C(C)C(=O)O)C(C)C(=O)O. The van der Waals surface area contributed by atoms with E-state index < -0.39 is 40.5 Å². The van der Waals surface area contributed by atoms with E-state index in [0.717, 1.165) is 12.8 Å². The highest BCUT2D eigenvalue weighted by Crippen LogP contribution is 2.27. The van der Waals surface area contributed by atoms with Gasteiger partial charge in [-0.25, -0.2) is 14.4 Å². The Labute approximate surface area is 225 Å². The summed E-state index contributed by atoms with van der Waals surface area (Å²) in [6.45, 7) is 6.67. The molecule has 0 spiro atoms. The fraction of sp³-hybridized carbons (Fsp3) is 0.833. The summed E-state index contributed by atoms with van der Waals surface area (Å²) >= 11 is 0. The van der Waals surface area contributed by atoms with Gasteiger partial charge in [0.25, 0.3) is 0 Å². The quantitative estimate of drug-likeness (QED) is 0.0648. The summed E-state index contributed by atoms with van der Waals surface area (Å²) in [5, 5.41) is 28.9. The Bertz CT molecular complexity index is 612. The number of carboxylic acids is 3. The Balaban J connectivity index is 4.21. The molecule has 216 valence electrons. The van der Waals surface area contributed by atoms with E-state index in [1.165, 1.54) is 104 Å². The molecule has 0 aliphatic carbocycles. The Kier molecular flexibility index (Phi) is 20.0. The van der Waals surface area contributed by atoms with Crippen LogP contribution < -0.4 is 0 Å². The lowest BCUT2D eigenvalue weighted by molar-refractivity contribution is -0.968. The van der Waals surface area contributed by atoms with E-state index >= 15 is 0 Å². The maximum absolute atomic E-state index is 11.8. The summed E-state index contributed by atoms with van der Waals surface area (Å²) in [4.78, 5) is 35.4. The van der Waals surface area contributed by atoms with Crippen LogP contribution in [0.3, 0.4) is 0 Å². The molecule has 3 N–H and O–H groups in total. The van der Waals surface area contributed by atoms with Crippen molar-refractivity contribution >= 4 is 17.9 Å². The number of hydrogen-bond acceptors (Lipinski definition) is 3. The van der Waals surface area contributed by atoms with E-state index in [2.05, 4.69) is 19.1 Å². The molecule has 7 heteroatoms. The molecule has 0 saturated carbocycles. The van der Waals surface area contributed by atoms with Crippen LogP contribution in [0.2, 0.25) is 0 Å². The van der Waals surface area contributed by atoms with E-state index in [1.54, 1.807) is 0 Å². The van der Waals surface area contributed by atoms with Gasteiger partial charge >= 0.3 is 17.9 Å². The molecule has 3 unspecified atom stereocenters. The van der Waals surface area contributed by atoms with Gasteiger partial charge in [0.05, 0.1) is 6.54 Å². The van der Waals surface area contributed by atoms with Crippen molar-refractivity contribution in [1.82, 2.24) is 0 Å². The standard InChI is InChI=1S/C30H55NO6/c1-5-6-7-8-9-10-11-12-13-14-15-16-17-18-19-20-21-22-23-24-31(25(2)28(32)33,26(3)29(34)35)27(4)30(36)37/h20-21,25-27H,5-19,22-24H2,1-4H3,(H2-,32,33,34,35,36,37)/p+1/b21-20+. The molecule has 0 aromatic heterocycles. The van der Waals surface area contributed by atoms with Crippen LogP contribution in [-0.2, 0) is 14.4 Å². The molecule has 7 nitrogen and oxygen atoms in total. The van der Waals surface area contributed by atoms with Crippen LogP contribution in [0.25, 0.3) is 0 Å². The monoisotopic (exact) mass is 526 g/mol. The van der Waals surface area contributed by atoms with Gasteiger partial charge in [-0.15, -0.1) is 0 Å². The van der Waals surface area contributed by atoms with Crippen molar-refractivity contribution in [3.8, 4) is 0 Å². The molecular weight excluding hydrogens is 470 g/mol. The van der Waals surface area contributed by atoms with Crippen LogP contribution >= 0.6 is 0 Å². The second-order valence-corrected chi connectivity index (χ2v) is 10.8. The average molecular weight is 527 g/mol. The summed E-state index contributed by atoms with van der Waals surface area (Å²) in [5.41, 5.74) is 0. The number of hydrogen-bond donors (Lipinski definition) is 3. The third-order valence-corrected chi connectivity index (χ3v) is 8.04. The predicted octanol–water partition coefficient (Wildman–Crippen LogP) is 7.43. The summed E-state index contributed by atoms with van der Waals surface area (Å²) < 4.78 is -0.507. The molecule has 0 bridgehead atoms.